The third-order valence-corrected chi connectivity index (χ3v) is 5.62. The van der Waals surface area contributed by atoms with Gasteiger partial charge in [0.1, 0.15) is 5.82 Å². The van der Waals surface area contributed by atoms with Crippen LogP contribution < -0.4 is 0 Å². The van der Waals surface area contributed by atoms with E-state index in [1.807, 2.05) is 27.7 Å². The minimum atomic E-state index is -3.62. The highest BCUT2D eigenvalue weighted by molar-refractivity contribution is 9.10. The first-order valence-corrected chi connectivity index (χ1v) is 8.36. The molecule has 0 aromatic heterocycles. The second-order valence-corrected chi connectivity index (χ2v) is 7.85. The molecule has 3 nitrogen and oxygen atoms in total. The lowest BCUT2D eigenvalue weighted by atomic mass is 10.2. The van der Waals surface area contributed by atoms with E-state index in [0.29, 0.717) is 6.54 Å². The van der Waals surface area contributed by atoms with Crippen LogP contribution in [-0.2, 0) is 10.0 Å². The zero-order chi connectivity index (χ0) is 14.8. The molecule has 6 heteroatoms. The van der Waals surface area contributed by atoms with E-state index in [1.54, 1.807) is 0 Å². The average Bonchev–Trinajstić information content (AvgIpc) is 2.24. The van der Waals surface area contributed by atoms with Gasteiger partial charge < -0.3 is 0 Å². The molecule has 0 atom stereocenters. The van der Waals surface area contributed by atoms with Crippen molar-refractivity contribution in [3.8, 4) is 0 Å². The standard InChI is InChI=1S/C13H19BrFNO2S/c1-9(2)8-16(10(3)4)19(17,18)13-6-5-11(15)7-12(13)14/h5-7,9-10H,8H2,1-4H3. The van der Waals surface area contributed by atoms with Crippen LogP contribution in [0.5, 0.6) is 0 Å². The molecule has 0 amide bonds. The predicted molar refractivity (Wildman–Crippen MR) is 78.0 cm³/mol. The third-order valence-electron chi connectivity index (χ3n) is 2.60. The predicted octanol–water partition coefficient (Wildman–Crippen LogP) is 3.64. The molecule has 0 unspecified atom stereocenters. The molecule has 19 heavy (non-hydrogen) atoms. The van der Waals surface area contributed by atoms with E-state index in [2.05, 4.69) is 15.9 Å². The van der Waals surface area contributed by atoms with Gasteiger partial charge in [-0.15, -0.1) is 0 Å². The van der Waals surface area contributed by atoms with E-state index in [9.17, 15) is 12.8 Å². The van der Waals surface area contributed by atoms with Crippen LogP contribution in [0.2, 0.25) is 0 Å². The smallest absolute Gasteiger partial charge is 0.207 e. The molecule has 0 spiro atoms. The molecule has 0 radical (unpaired) electrons. The highest BCUT2D eigenvalue weighted by Crippen LogP contribution is 2.27. The van der Waals surface area contributed by atoms with Gasteiger partial charge in [-0.05, 0) is 53.9 Å². The minimum absolute atomic E-state index is 0.100. The van der Waals surface area contributed by atoms with Gasteiger partial charge in [0.25, 0.3) is 0 Å². The van der Waals surface area contributed by atoms with E-state index in [1.165, 1.54) is 16.4 Å². The fourth-order valence-electron chi connectivity index (χ4n) is 1.76. The van der Waals surface area contributed by atoms with Gasteiger partial charge in [-0.25, -0.2) is 12.8 Å². The lowest BCUT2D eigenvalue weighted by Gasteiger charge is -2.28. The number of halogens is 2. The summed E-state index contributed by atoms with van der Waals surface area (Å²) in [5.74, 6) is -0.248. The summed E-state index contributed by atoms with van der Waals surface area (Å²) in [5.41, 5.74) is 0. The van der Waals surface area contributed by atoms with Gasteiger partial charge in [0, 0.05) is 17.1 Å². The maximum Gasteiger partial charge on any atom is 0.244 e. The van der Waals surface area contributed by atoms with Crippen LogP contribution >= 0.6 is 15.9 Å². The summed E-state index contributed by atoms with van der Waals surface area (Å²) < 4.78 is 40.0. The molecular formula is C13H19BrFNO2S. The summed E-state index contributed by atoms with van der Waals surface area (Å²) in [4.78, 5) is 0.100. The first kappa shape index (κ1) is 16.6. The Morgan fingerprint density at radius 1 is 1.26 bits per heavy atom. The lowest BCUT2D eigenvalue weighted by molar-refractivity contribution is 0.318. The van der Waals surface area contributed by atoms with Crippen LogP contribution in [0.15, 0.2) is 27.6 Å². The van der Waals surface area contributed by atoms with Crippen molar-refractivity contribution in [2.24, 2.45) is 5.92 Å². The maximum atomic E-state index is 13.1. The Balaban J connectivity index is 3.27. The van der Waals surface area contributed by atoms with Crippen molar-refractivity contribution < 1.29 is 12.8 Å². The number of benzene rings is 1. The van der Waals surface area contributed by atoms with E-state index in [-0.39, 0.29) is 21.3 Å². The zero-order valence-electron chi connectivity index (χ0n) is 11.5. The Morgan fingerprint density at radius 2 is 1.84 bits per heavy atom. The summed E-state index contributed by atoms with van der Waals surface area (Å²) in [7, 11) is -3.62. The van der Waals surface area contributed by atoms with Crippen LogP contribution in [-0.4, -0.2) is 25.3 Å². The number of rotatable bonds is 5. The molecule has 0 aliphatic carbocycles. The Labute approximate surface area is 123 Å². The third kappa shape index (κ3) is 4.00. The molecule has 0 bridgehead atoms. The first-order valence-electron chi connectivity index (χ1n) is 6.13. The fraction of sp³-hybridized carbons (Fsp3) is 0.538. The van der Waals surface area contributed by atoms with Crippen LogP contribution in [0.4, 0.5) is 4.39 Å². The largest absolute Gasteiger partial charge is 0.244 e. The second kappa shape index (κ2) is 6.33. The van der Waals surface area contributed by atoms with Crippen LogP contribution in [0.25, 0.3) is 0 Å². The average molecular weight is 352 g/mol. The maximum absolute atomic E-state index is 13.1. The van der Waals surface area contributed by atoms with Crippen molar-refractivity contribution in [1.82, 2.24) is 4.31 Å². The number of hydrogen-bond donors (Lipinski definition) is 0. The van der Waals surface area contributed by atoms with Crippen molar-refractivity contribution in [2.75, 3.05) is 6.54 Å². The Morgan fingerprint density at radius 3 is 2.26 bits per heavy atom. The molecule has 1 aromatic carbocycles. The Bertz CT molecular complexity index is 544. The van der Waals surface area contributed by atoms with Gasteiger partial charge >= 0.3 is 0 Å². The van der Waals surface area contributed by atoms with Crippen molar-refractivity contribution >= 4 is 26.0 Å². The van der Waals surface area contributed by atoms with Crippen molar-refractivity contribution in [1.29, 1.82) is 0 Å². The highest BCUT2D eigenvalue weighted by atomic mass is 79.9. The summed E-state index contributed by atoms with van der Waals surface area (Å²) in [6.07, 6.45) is 0. The molecule has 1 rings (SSSR count). The van der Waals surface area contributed by atoms with Gasteiger partial charge in [0.15, 0.2) is 0 Å². The first-order chi connectivity index (χ1) is 8.66. The van der Waals surface area contributed by atoms with Gasteiger partial charge in [-0.3, -0.25) is 0 Å². The molecule has 0 N–H and O–H groups in total. The number of sulfonamides is 1. The number of hydrogen-bond acceptors (Lipinski definition) is 2. The monoisotopic (exact) mass is 351 g/mol. The quantitative estimate of drug-likeness (QED) is 0.811. The van der Waals surface area contributed by atoms with Crippen LogP contribution in [0.3, 0.4) is 0 Å². The van der Waals surface area contributed by atoms with Gasteiger partial charge in [-0.2, -0.15) is 4.31 Å². The van der Waals surface area contributed by atoms with E-state index in [0.717, 1.165) is 6.07 Å². The zero-order valence-corrected chi connectivity index (χ0v) is 13.9. The summed E-state index contributed by atoms with van der Waals surface area (Å²) in [5, 5.41) is 0. The summed E-state index contributed by atoms with van der Waals surface area (Å²) in [6, 6.07) is 3.47. The molecule has 108 valence electrons. The van der Waals surface area contributed by atoms with Crippen molar-refractivity contribution in [3.63, 3.8) is 0 Å². The van der Waals surface area contributed by atoms with Gasteiger partial charge in [-0.1, -0.05) is 13.8 Å². The number of nitrogens with zero attached hydrogens (tertiary/aromatic N) is 1. The van der Waals surface area contributed by atoms with E-state index in [4.69, 9.17) is 0 Å². The fourth-order valence-corrected chi connectivity index (χ4v) is 4.57. The van der Waals surface area contributed by atoms with Gasteiger partial charge in [0.2, 0.25) is 10.0 Å². The highest BCUT2D eigenvalue weighted by Gasteiger charge is 2.29. The molecule has 0 heterocycles. The molecule has 0 aliphatic rings. The lowest BCUT2D eigenvalue weighted by Crippen LogP contribution is -2.39. The second-order valence-electron chi connectivity index (χ2n) is 5.14. The minimum Gasteiger partial charge on any atom is -0.207 e. The SMILES string of the molecule is CC(C)CN(C(C)C)S(=O)(=O)c1ccc(F)cc1Br. The van der Waals surface area contributed by atoms with Gasteiger partial charge in [0.05, 0.1) is 4.90 Å². The summed E-state index contributed by atoms with van der Waals surface area (Å²) >= 11 is 3.12. The summed E-state index contributed by atoms with van der Waals surface area (Å²) in [6.45, 7) is 8.02. The van der Waals surface area contributed by atoms with E-state index >= 15 is 0 Å². The Kier molecular flexibility index (Phi) is 5.53. The normalized spacial score (nSPS) is 12.7. The van der Waals surface area contributed by atoms with Crippen molar-refractivity contribution in [2.45, 2.75) is 38.6 Å². The van der Waals surface area contributed by atoms with Crippen LogP contribution in [0.1, 0.15) is 27.7 Å². The van der Waals surface area contributed by atoms with Crippen LogP contribution in [0, 0.1) is 11.7 Å². The molecule has 0 aliphatic heterocycles. The molecule has 1 aromatic rings. The van der Waals surface area contributed by atoms with E-state index < -0.39 is 15.8 Å². The molecule has 0 saturated heterocycles. The molecular weight excluding hydrogens is 333 g/mol. The Hall–Kier alpha value is -0.460. The molecule has 0 fully saturated rings. The molecule has 0 saturated carbocycles. The topological polar surface area (TPSA) is 37.4 Å². The van der Waals surface area contributed by atoms with Crippen molar-refractivity contribution in [3.05, 3.63) is 28.5 Å².